The first kappa shape index (κ1) is 21.9. The van der Waals surface area contributed by atoms with Gasteiger partial charge < -0.3 is 14.1 Å². The molecule has 1 aromatic carbocycles. The Hall–Kier alpha value is -3.75. The summed E-state index contributed by atoms with van der Waals surface area (Å²) >= 11 is 0. The fourth-order valence-electron chi connectivity index (χ4n) is 2.76. The topological polar surface area (TPSA) is 104 Å². The Kier molecular flexibility index (Phi) is 8.10. The van der Waals surface area contributed by atoms with Gasteiger partial charge in [0.05, 0.1) is 6.61 Å². The van der Waals surface area contributed by atoms with Crippen LogP contribution >= 0.6 is 0 Å². The molecular weight excluding hydrogens is 396 g/mol. The average Bonchev–Trinajstić information content (AvgIpc) is 3.21. The molecule has 0 spiro atoms. The first-order valence-electron chi connectivity index (χ1n) is 10.2. The number of rotatable bonds is 10. The van der Waals surface area contributed by atoms with Crippen LogP contribution in [-0.2, 0) is 23.2 Å². The molecule has 3 rings (SSSR count). The van der Waals surface area contributed by atoms with Crippen LogP contribution in [0.3, 0.4) is 0 Å². The fourth-order valence-corrected chi connectivity index (χ4v) is 2.76. The third-order valence-corrected chi connectivity index (χ3v) is 4.35. The van der Waals surface area contributed by atoms with Crippen LogP contribution in [0.25, 0.3) is 0 Å². The maximum Gasteiger partial charge on any atom is 0.412 e. The number of hydrogen-bond donors (Lipinski definition) is 1. The van der Waals surface area contributed by atoms with Crippen molar-refractivity contribution in [3.8, 4) is 0 Å². The molecular formula is C22H26N6O3. The molecule has 1 amide bonds. The van der Waals surface area contributed by atoms with E-state index in [0.717, 1.165) is 24.8 Å². The van der Waals surface area contributed by atoms with Crippen molar-refractivity contribution in [3.63, 3.8) is 0 Å². The van der Waals surface area contributed by atoms with Gasteiger partial charge in [-0.3, -0.25) is 5.32 Å². The number of benzene rings is 1. The number of anilines is 1. The van der Waals surface area contributed by atoms with E-state index in [1.165, 1.54) is 0 Å². The van der Waals surface area contributed by atoms with Crippen molar-refractivity contribution in [1.29, 1.82) is 0 Å². The second-order valence-electron chi connectivity index (χ2n) is 6.77. The number of oxime groups is 1. The number of hydrogen-bond acceptors (Lipinski definition) is 7. The molecule has 2 heterocycles. The average molecular weight is 422 g/mol. The number of imidazole rings is 1. The van der Waals surface area contributed by atoms with Gasteiger partial charge in [0.2, 0.25) is 0 Å². The Morgan fingerprint density at radius 2 is 1.97 bits per heavy atom. The molecule has 0 unspecified atom stereocenters. The van der Waals surface area contributed by atoms with E-state index < -0.39 is 6.09 Å². The molecule has 0 fully saturated rings. The summed E-state index contributed by atoms with van der Waals surface area (Å²) in [5.41, 5.74) is 1.47. The van der Waals surface area contributed by atoms with E-state index in [2.05, 4.69) is 32.3 Å². The van der Waals surface area contributed by atoms with Crippen LogP contribution in [0, 0.1) is 0 Å². The van der Waals surface area contributed by atoms with Gasteiger partial charge in [0.1, 0.15) is 5.82 Å². The molecule has 31 heavy (non-hydrogen) atoms. The molecule has 3 aromatic rings. The minimum absolute atomic E-state index is 0.0296. The molecule has 0 aliphatic carbocycles. The summed E-state index contributed by atoms with van der Waals surface area (Å²) in [6.07, 6.45) is 7.46. The zero-order valence-electron chi connectivity index (χ0n) is 17.7. The van der Waals surface area contributed by atoms with Crippen molar-refractivity contribution < 1.29 is 14.4 Å². The Labute approximate surface area is 181 Å². The zero-order chi connectivity index (χ0) is 21.9. The predicted octanol–water partition coefficient (Wildman–Crippen LogP) is 3.92. The number of ether oxygens (including phenoxy) is 1. The van der Waals surface area contributed by atoms with Crippen LogP contribution in [0.4, 0.5) is 10.6 Å². The fraction of sp³-hybridized carbons (Fsp3) is 0.318. The van der Waals surface area contributed by atoms with Crippen molar-refractivity contribution in [2.24, 2.45) is 12.2 Å². The third-order valence-electron chi connectivity index (χ3n) is 4.35. The summed E-state index contributed by atoms with van der Waals surface area (Å²) in [5, 5.41) is 6.88. The molecule has 0 radical (unpaired) electrons. The van der Waals surface area contributed by atoms with Gasteiger partial charge in [-0.1, -0.05) is 55.3 Å². The molecule has 0 saturated heterocycles. The largest absolute Gasteiger partial charge is 0.449 e. The lowest BCUT2D eigenvalue weighted by molar-refractivity contribution is 0.125. The molecule has 2 aromatic heterocycles. The molecule has 9 nitrogen and oxygen atoms in total. The Morgan fingerprint density at radius 1 is 1.13 bits per heavy atom. The monoisotopic (exact) mass is 422 g/mol. The number of unbranched alkanes of at least 4 members (excludes halogenated alkanes) is 2. The van der Waals surface area contributed by atoms with E-state index in [-0.39, 0.29) is 6.61 Å². The molecule has 0 aliphatic rings. The summed E-state index contributed by atoms with van der Waals surface area (Å²) in [6, 6.07) is 11.2. The standard InChI is InChI=1S/C22H26N6O3/c1-3-4-8-15-30-22(29)26-18-11-12-23-19(25-18)16-31-27-20(17-9-6-5-7-10-17)21-24-13-14-28(21)2/h5-7,9-14H,3-4,8,15-16H2,1-2H3,(H,23,25,26,29). The lowest BCUT2D eigenvalue weighted by atomic mass is 10.1. The molecule has 162 valence electrons. The maximum atomic E-state index is 11.9. The first-order chi connectivity index (χ1) is 15.2. The number of nitrogens with one attached hydrogen (secondary N) is 1. The van der Waals surface area contributed by atoms with Crippen molar-refractivity contribution in [1.82, 2.24) is 19.5 Å². The quantitative estimate of drug-likeness (QED) is 0.302. The van der Waals surface area contributed by atoms with E-state index in [1.807, 2.05) is 48.1 Å². The number of aryl methyl sites for hydroxylation is 1. The lowest BCUT2D eigenvalue weighted by Crippen LogP contribution is -2.16. The molecule has 0 bridgehead atoms. The Balaban J connectivity index is 1.63. The number of carbonyl (C=O) groups is 1. The van der Waals surface area contributed by atoms with E-state index in [9.17, 15) is 4.79 Å². The first-order valence-corrected chi connectivity index (χ1v) is 10.2. The SMILES string of the molecule is CCCCCOC(=O)Nc1ccnc(CON=C(c2ccccc2)c2nccn2C)n1. The number of aromatic nitrogens is 4. The Morgan fingerprint density at radius 3 is 2.71 bits per heavy atom. The van der Waals surface area contributed by atoms with Gasteiger partial charge in [0.25, 0.3) is 0 Å². The molecule has 9 heteroatoms. The highest BCUT2D eigenvalue weighted by molar-refractivity contribution is 6.10. The molecule has 0 saturated carbocycles. The third kappa shape index (κ3) is 6.63. The van der Waals surface area contributed by atoms with Crippen molar-refractivity contribution in [2.75, 3.05) is 11.9 Å². The van der Waals surface area contributed by atoms with Gasteiger partial charge >= 0.3 is 6.09 Å². The van der Waals surface area contributed by atoms with Crippen molar-refractivity contribution in [2.45, 2.75) is 32.8 Å². The van der Waals surface area contributed by atoms with Crippen LogP contribution < -0.4 is 5.32 Å². The minimum atomic E-state index is -0.541. The number of nitrogens with zero attached hydrogens (tertiary/aromatic N) is 5. The van der Waals surface area contributed by atoms with Crippen LogP contribution in [0.5, 0.6) is 0 Å². The van der Waals surface area contributed by atoms with E-state index in [0.29, 0.717) is 29.8 Å². The van der Waals surface area contributed by atoms with Gasteiger partial charge in [-0.05, 0) is 12.5 Å². The van der Waals surface area contributed by atoms with Crippen LogP contribution in [-0.4, -0.2) is 37.9 Å². The minimum Gasteiger partial charge on any atom is -0.449 e. The molecule has 0 atom stereocenters. The van der Waals surface area contributed by atoms with Gasteiger partial charge in [-0.15, -0.1) is 0 Å². The maximum absolute atomic E-state index is 11.9. The normalized spacial score (nSPS) is 11.2. The summed E-state index contributed by atoms with van der Waals surface area (Å²) in [5.74, 6) is 1.39. The zero-order valence-corrected chi connectivity index (χ0v) is 17.7. The summed E-state index contributed by atoms with van der Waals surface area (Å²) in [7, 11) is 1.89. The van der Waals surface area contributed by atoms with Gasteiger partial charge in [0.15, 0.2) is 24.0 Å². The smallest absolute Gasteiger partial charge is 0.412 e. The van der Waals surface area contributed by atoms with E-state index in [4.69, 9.17) is 9.57 Å². The van der Waals surface area contributed by atoms with Gasteiger partial charge in [-0.25, -0.2) is 19.7 Å². The molecule has 1 N–H and O–H groups in total. The van der Waals surface area contributed by atoms with Crippen LogP contribution in [0.15, 0.2) is 60.1 Å². The molecule has 0 aliphatic heterocycles. The highest BCUT2D eigenvalue weighted by Gasteiger charge is 2.13. The van der Waals surface area contributed by atoms with Gasteiger partial charge in [0, 0.05) is 31.2 Å². The number of amides is 1. The van der Waals surface area contributed by atoms with Crippen molar-refractivity contribution in [3.05, 3.63) is 72.2 Å². The van der Waals surface area contributed by atoms with Crippen molar-refractivity contribution >= 4 is 17.6 Å². The summed E-state index contributed by atoms with van der Waals surface area (Å²) in [4.78, 5) is 30.2. The summed E-state index contributed by atoms with van der Waals surface area (Å²) in [6.45, 7) is 2.50. The van der Waals surface area contributed by atoms with Crippen LogP contribution in [0.1, 0.15) is 43.4 Å². The highest BCUT2D eigenvalue weighted by Crippen LogP contribution is 2.10. The van der Waals surface area contributed by atoms with E-state index >= 15 is 0 Å². The highest BCUT2D eigenvalue weighted by atomic mass is 16.6. The number of carbonyl (C=O) groups excluding carboxylic acids is 1. The second kappa shape index (κ2) is 11.4. The predicted molar refractivity (Wildman–Crippen MR) is 117 cm³/mol. The van der Waals surface area contributed by atoms with E-state index in [1.54, 1.807) is 18.5 Å². The van der Waals surface area contributed by atoms with Crippen LogP contribution in [0.2, 0.25) is 0 Å². The summed E-state index contributed by atoms with van der Waals surface area (Å²) < 4.78 is 6.99. The van der Waals surface area contributed by atoms with Gasteiger partial charge in [-0.2, -0.15) is 0 Å². The second-order valence-corrected chi connectivity index (χ2v) is 6.77. The Bertz CT molecular complexity index is 1000. The lowest BCUT2D eigenvalue weighted by Gasteiger charge is -2.08.